The lowest BCUT2D eigenvalue weighted by Crippen LogP contribution is -2.29. The minimum Gasteiger partial charge on any atom is -0.377 e. The highest BCUT2D eigenvalue weighted by atomic mass is 79.9. The fourth-order valence-corrected chi connectivity index (χ4v) is 3.25. The van der Waals surface area contributed by atoms with Crippen LogP contribution < -0.4 is 5.32 Å². The number of rotatable bonds is 6. The van der Waals surface area contributed by atoms with Crippen LogP contribution >= 0.6 is 15.9 Å². The molecule has 1 heterocycles. The van der Waals surface area contributed by atoms with Gasteiger partial charge in [-0.15, -0.1) is 0 Å². The fourth-order valence-electron chi connectivity index (χ4n) is 2.70. The second-order valence-electron chi connectivity index (χ2n) is 5.87. The molecule has 3 nitrogen and oxygen atoms in total. The zero-order chi connectivity index (χ0) is 15.1. The number of hydrogen-bond acceptors (Lipinski definition) is 3. The Morgan fingerprint density at radius 1 is 1.43 bits per heavy atom. The maximum atomic E-state index is 5.71. The molecule has 1 saturated heterocycles. The molecule has 0 aliphatic carbocycles. The molecule has 2 rings (SSSR count). The zero-order valence-corrected chi connectivity index (χ0v) is 14.8. The van der Waals surface area contributed by atoms with E-state index in [1.807, 2.05) is 0 Å². The quantitative estimate of drug-likeness (QED) is 0.790. The van der Waals surface area contributed by atoms with Gasteiger partial charge in [-0.25, -0.2) is 0 Å². The van der Waals surface area contributed by atoms with E-state index >= 15 is 0 Å². The van der Waals surface area contributed by atoms with Gasteiger partial charge < -0.3 is 10.1 Å². The molecule has 1 aromatic carbocycles. The van der Waals surface area contributed by atoms with Crippen LogP contribution in [0.1, 0.15) is 37.8 Å². The number of nitrogens with zero attached hydrogens (tertiary/aromatic N) is 1. The average Bonchev–Trinajstić information content (AvgIpc) is 2.66. The van der Waals surface area contributed by atoms with Crippen molar-refractivity contribution in [1.29, 1.82) is 0 Å². The summed E-state index contributed by atoms with van der Waals surface area (Å²) in [6, 6.07) is 6.74. The van der Waals surface area contributed by atoms with Gasteiger partial charge >= 0.3 is 0 Å². The summed E-state index contributed by atoms with van der Waals surface area (Å²) < 4.78 is 6.93. The van der Waals surface area contributed by atoms with Crippen molar-refractivity contribution in [2.45, 2.75) is 45.9 Å². The molecule has 0 spiro atoms. The summed E-state index contributed by atoms with van der Waals surface area (Å²) in [4.78, 5) is 2.49. The third-order valence-electron chi connectivity index (χ3n) is 3.80. The molecule has 1 aromatic rings. The normalized spacial score (nSPS) is 20.4. The molecular weight excluding hydrogens is 328 g/mol. The third-order valence-corrected chi connectivity index (χ3v) is 4.54. The first kappa shape index (κ1) is 16.9. The SMILES string of the molecule is CCCNCc1ccc(CN2CCCOC(C)C2)c(Br)c1. The number of halogens is 1. The third kappa shape index (κ3) is 5.70. The first-order valence-corrected chi connectivity index (χ1v) is 8.80. The van der Waals surface area contributed by atoms with Gasteiger partial charge in [-0.3, -0.25) is 4.90 Å². The van der Waals surface area contributed by atoms with E-state index in [1.165, 1.54) is 22.0 Å². The molecule has 21 heavy (non-hydrogen) atoms. The summed E-state index contributed by atoms with van der Waals surface area (Å²) in [5, 5.41) is 3.45. The monoisotopic (exact) mass is 354 g/mol. The molecule has 1 N–H and O–H groups in total. The highest BCUT2D eigenvalue weighted by Gasteiger charge is 2.16. The summed E-state index contributed by atoms with van der Waals surface area (Å²) in [6.07, 6.45) is 2.64. The minimum absolute atomic E-state index is 0.337. The van der Waals surface area contributed by atoms with Gasteiger partial charge in [-0.1, -0.05) is 35.0 Å². The van der Waals surface area contributed by atoms with Crippen LogP contribution in [0.15, 0.2) is 22.7 Å². The highest BCUT2D eigenvalue weighted by molar-refractivity contribution is 9.10. The van der Waals surface area contributed by atoms with E-state index in [0.29, 0.717) is 6.10 Å². The van der Waals surface area contributed by atoms with Crippen LogP contribution in [-0.2, 0) is 17.8 Å². The van der Waals surface area contributed by atoms with E-state index < -0.39 is 0 Å². The van der Waals surface area contributed by atoms with E-state index in [4.69, 9.17) is 4.74 Å². The molecule has 0 bridgehead atoms. The van der Waals surface area contributed by atoms with Crippen LogP contribution in [0.4, 0.5) is 0 Å². The molecule has 0 saturated carbocycles. The maximum absolute atomic E-state index is 5.71. The number of benzene rings is 1. The molecule has 0 amide bonds. The summed E-state index contributed by atoms with van der Waals surface area (Å²) in [6.45, 7) is 10.4. The Morgan fingerprint density at radius 2 is 2.29 bits per heavy atom. The molecule has 1 aliphatic heterocycles. The second kappa shape index (κ2) is 8.89. The van der Waals surface area contributed by atoms with Crippen molar-refractivity contribution in [3.63, 3.8) is 0 Å². The topological polar surface area (TPSA) is 24.5 Å². The van der Waals surface area contributed by atoms with E-state index in [-0.39, 0.29) is 0 Å². The van der Waals surface area contributed by atoms with Crippen LogP contribution in [0.2, 0.25) is 0 Å². The van der Waals surface area contributed by atoms with Crippen molar-refractivity contribution in [3.05, 3.63) is 33.8 Å². The van der Waals surface area contributed by atoms with E-state index in [9.17, 15) is 0 Å². The molecule has 1 unspecified atom stereocenters. The van der Waals surface area contributed by atoms with E-state index in [1.54, 1.807) is 0 Å². The predicted molar refractivity (Wildman–Crippen MR) is 91.4 cm³/mol. The Bertz CT molecular complexity index is 439. The maximum Gasteiger partial charge on any atom is 0.0674 e. The van der Waals surface area contributed by atoms with E-state index in [2.05, 4.69) is 58.2 Å². The number of nitrogens with one attached hydrogen (secondary N) is 1. The first-order valence-electron chi connectivity index (χ1n) is 8.01. The van der Waals surface area contributed by atoms with Gasteiger partial charge in [0, 0.05) is 37.3 Å². The number of ether oxygens (including phenoxy) is 1. The summed E-state index contributed by atoms with van der Waals surface area (Å²) >= 11 is 3.73. The summed E-state index contributed by atoms with van der Waals surface area (Å²) in [5.41, 5.74) is 2.70. The van der Waals surface area contributed by atoms with Gasteiger partial charge in [-0.2, -0.15) is 0 Å². The molecule has 1 atom stereocenters. The summed E-state index contributed by atoms with van der Waals surface area (Å²) in [7, 11) is 0. The van der Waals surface area contributed by atoms with Gasteiger partial charge in [-0.05, 0) is 43.5 Å². The van der Waals surface area contributed by atoms with Crippen LogP contribution in [0.5, 0.6) is 0 Å². The van der Waals surface area contributed by atoms with Crippen molar-refractivity contribution in [2.75, 3.05) is 26.2 Å². The van der Waals surface area contributed by atoms with E-state index in [0.717, 1.165) is 45.8 Å². The Balaban J connectivity index is 1.93. The Kier molecular flexibility index (Phi) is 7.17. The van der Waals surface area contributed by atoms with Crippen molar-refractivity contribution >= 4 is 15.9 Å². The van der Waals surface area contributed by atoms with Crippen molar-refractivity contribution < 1.29 is 4.74 Å². The molecular formula is C17H27BrN2O. The Morgan fingerprint density at radius 3 is 3.05 bits per heavy atom. The van der Waals surface area contributed by atoms with Crippen molar-refractivity contribution in [3.8, 4) is 0 Å². The lowest BCUT2D eigenvalue weighted by atomic mass is 10.1. The zero-order valence-electron chi connectivity index (χ0n) is 13.2. The minimum atomic E-state index is 0.337. The fraction of sp³-hybridized carbons (Fsp3) is 0.647. The van der Waals surface area contributed by atoms with Crippen molar-refractivity contribution in [2.24, 2.45) is 0 Å². The average molecular weight is 355 g/mol. The van der Waals surface area contributed by atoms with Gasteiger partial charge in [0.1, 0.15) is 0 Å². The largest absolute Gasteiger partial charge is 0.377 e. The van der Waals surface area contributed by atoms with Crippen LogP contribution in [-0.4, -0.2) is 37.2 Å². The lowest BCUT2D eigenvalue weighted by molar-refractivity contribution is 0.0668. The lowest BCUT2D eigenvalue weighted by Gasteiger charge is -2.22. The summed E-state index contributed by atoms with van der Waals surface area (Å²) in [5.74, 6) is 0. The van der Waals surface area contributed by atoms with Gasteiger partial charge in [0.15, 0.2) is 0 Å². The van der Waals surface area contributed by atoms with Gasteiger partial charge in [0.05, 0.1) is 6.10 Å². The molecule has 1 aliphatic rings. The molecule has 1 fully saturated rings. The van der Waals surface area contributed by atoms with Gasteiger partial charge in [0.2, 0.25) is 0 Å². The predicted octanol–water partition coefficient (Wildman–Crippen LogP) is 3.56. The van der Waals surface area contributed by atoms with Crippen LogP contribution in [0.25, 0.3) is 0 Å². The van der Waals surface area contributed by atoms with Crippen LogP contribution in [0.3, 0.4) is 0 Å². The first-order chi connectivity index (χ1) is 10.2. The van der Waals surface area contributed by atoms with Crippen molar-refractivity contribution in [1.82, 2.24) is 10.2 Å². The van der Waals surface area contributed by atoms with Crippen LogP contribution in [0, 0.1) is 0 Å². The second-order valence-corrected chi connectivity index (χ2v) is 6.73. The Hall–Kier alpha value is -0.420. The molecule has 0 aromatic heterocycles. The Labute approximate surface area is 137 Å². The van der Waals surface area contributed by atoms with Gasteiger partial charge in [0.25, 0.3) is 0 Å². The molecule has 4 heteroatoms. The standard InChI is InChI=1S/C17H27BrN2O/c1-3-7-19-11-15-5-6-16(17(18)10-15)13-20-8-4-9-21-14(2)12-20/h5-6,10,14,19H,3-4,7-9,11-13H2,1-2H3. The smallest absolute Gasteiger partial charge is 0.0674 e. The highest BCUT2D eigenvalue weighted by Crippen LogP contribution is 2.21. The number of hydrogen-bond donors (Lipinski definition) is 1. The molecule has 118 valence electrons. The molecule has 0 radical (unpaired) electrons.